The molecule has 0 saturated heterocycles. The number of likely N-dealkylation sites (N-methyl/N-ethyl adjacent to an activating group) is 1. The lowest BCUT2D eigenvalue weighted by molar-refractivity contribution is -0.125. The second-order valence-electron chi connectivity index (χ2n) is 7.27. The van der Waals surface area contributed by atoms with Crippen LogP contribution in [0.25, 0.3) is 0 Å². The minimum Gasteiger partial charge on any atom is -0.492 e. The van der Waals surface area contributed by atoms with Crippen LogP contribution in [0.1, 0.15) is 11.1 Å². The molecule has 3 aliphatic heterocycles. The van der Waals surface area contributed by atoms with Gasteiger partial charge in [-0.1, -0.05) is 12.1 Å². The fraction of sp³-hybridized carbons (Fsp3) is 0.381. The normalized spacial score (nSPS) is 19.4. The Labute approximate surface area is 168 Å². The number of anilines is 1. The van der Waals surface area contributed by atoms with Gasteiger partial charge in [0.05, 0.1) is 12.8 Å². The van der Waals surface area contributed by atoms with E-state index in [-0.39, 0.29) is 19.3 Å². The van der Waals surface area contributed by atoms with E-state index in [0.717, 1.165) is 24.1 Å². The lowest BCUT2D eigenvalue weighted by Gasteiger charge is -2.30. The number of nitrogens with zero attached hydrogens (tertiary/aromatic N) is 1. The maximum Gasteiger partial charge on any atom is 0.269 e. The molecule has 0 radical (unpaired) electrons. The molecule has 1 amide bonds. The molecule has 0 aliphatic carbocycles. The highest BCUT2D eigenvalue weighted by molar-refractivity contribution is 5.98. The Morgan fingerprint density at radius 3 is 2.76 bits per heavy atom. The molecule has 0 saturated carbocycles. The summed E-state index contributed by atoms with van der Waals surface area (Å²) in [6, 6.07) is 7.31. The Kier molecular flexibility index (Phi) is 4.35. The first-order chi connectivity index (χ1) is 14.2. The van der Waals surface area contributed by atoms with Gasteiger partial charge in [-0.15, -0.1) is 0 Å². The third kappa shape index (κ3) is 3.00. The predicted octanol–water partition coefficient (Wildman–Crippen LogP) is 2.19. The molecule has 29 heavy (non-hydrogen) atoms. The van der Waals surface area contributed by atoms with Gasteiger partial charge in [0.25, 0.3) is 5.91 Å². The number of hydrogen-bond donors (Lipinski definition) is 1. The first-order valence-electron chi connectivity index (χ1n) is 9.55. The van der Waals surface area contributed by atoms with Crippen molar-refractivity contribution in [3.05, 3.63) is 35.4 Å². The van der Waals surface area contributed by atoms with Crippen molar-refractivity contribution in [2.45, 2.75) is 19.1 Å². The van der Waals surface area contributed by atoms with Crippen LogP contribution < -0.4 is 29.0 Å². The molecule has 8 heteroatoms. The van der Waals surface area contributed by atoms with Gasteiger partial charge in [0.2, 0.25) is 18.6 Å². The Hall–Kier alpha value is -3.13. The molecule has 1 atom stereocenters. The van der Waals surface area contributed by atoms with Gasteiger partial charge in [-0.2, -0.15) is 0 Å². The van der Waals surface area contributed by atoms with Crippen LogP contribution in [0.15, 0.2) is 24.3 Å². The SMILES string of the molecule is COc1c2c(c(NC(=O)[C@H]3COc4ccccc4O3)c3c1OCO3)CCN(C)C2. The monoisotopic (exact) mass is 398 g/mol. The Morgan fingerprint density at radius 2 is 1.93 bits per heavy atom. The van der Waals surface area contributed by atoms with E-state index >= 15 is 0 Å². The smallest absolute Gasteiger partial charge is 0.269 e. The molecule has 2 aromatic carbocycles. The molecule has 5 rings (SSSR count). The molecule has 0 fully saturated rings. The topological polar surface area (TPSA) is 78.5 Å². The number of nitrogens with one attached hydrogen (secondary N) is 1. The molecule has 0 unspecified atom stereocenters. The molecule has 2 aromatic rings. The van der Waals surface area contributed by atoms with Gasteiger partial charge in [-0.3, -0.25) is 4.79 Å². The van der Waals surface area contributed by atoms with Crippen LogP contribution in [0.5, 0.6) is 28.7 Å². The summed E-state index contributed by atoms with van der Waals surface area (Å²) in [7, 11) is 3.67. The summed E-state index contributed by atoms with van der Waals surface area (Å²) >= 11 is 0. The lowest BCUT2D eigenvalue weighted by atomic mass is 9.95. The number of fused-ring (bicyclic) bond motifs is 3. The summed E-state index contributed by atoms with van der Waals surface area (Å²) < 4.78 is 28.5. The van der Waals surface area contributed by atoms with Crippen molar-refractivity contribution in [3.8, 4) is 28.7 Å². The zero-order chi connectivity index (χ0) is 20.0. The highest BCUT2D eigenvalue weighted by atomic mass is 16.7. The number of para-hydroxylation sites is 2. The second-order valence-corrected chi connectivity index (χ2v) is 7.27. The van der Waals surface area contributed by atoms with E-state index in [0.29, 0.717) is 41.0 Å². The fourth-order valence-corrected chi connectivity index (χ4v) is 3.99. The van der Waals surface area contributed by atoms with E-state index in [1.807, 2.05) is 18.2 Å². The number of rotatable bonds is 3. The Morgan fingerprint density at radius 1 is 1.14 bits per heavy atom. The number of hydrogen-bond acceptors (Lipinski definition) is 7. The quantitative estimate of drug-likeness (QED) is 0.849. The number of carbonyl (C=O) groups is 1. The van der Waals surface area contributed by atoms with Crippen molar-refractivity contribution in [1.29, 1.82) is 0 Å². The van der Waals surface area contributed by atoms with Crippen molar-refractivity contribution in [1.82, 2.24) is 4.90 Å². The van der Waals surface area contributed by atoms with Crippen molar-refractivity contribution < 1.29 is 28.5 Å². The first kappa shape index (κ1) is 17.9. The maximum atomic E-state index is 13.0. The van der Waals surface area contributed by atoms with Crippen LogP contribution in [0, 0.1) is 0 Å². The largest absolute Gasteiger partial charge is 0.492 e. The number of carbonyl (C=O) groups excluding carboxylic acids is 1. The molecule has 3 aliphatic rings. The van der Waals surface area contributed by atoms with E-state index in [4.69, 9.17) is 23.7 Å². The highest BCUT2D eigenvalue weighted by Crippen LogP contribution is 2.52. The van der Waals surface area contributed by atoms with Gasteiger partial charge in [0, 0.05) is 18.7 Å². The average molecular weight is 398 g/mol. The average Bonchev–Trinajstić information content (AvgIpc) is 3.22. The van der Waals surface area contributed by atoms with Gasteiger partial charge >= 0.3 is 0 Å². The van der Waals surface area contributed by atoms with Crippen molar-refractivity contribution >= 4 is 11.6 Å². The molecular weight excluding hydrogens is 376 g/mol. The number of benzene rings is 2. The minimum atomic E-state index is -0.758. The second kappa shape index (κ2) is 7.04. The zero-order valence-electron chi connectivity index (χ0n) is 16.3. The standard InChI is InChI=1S/C21H22N2O6/c1-23-8-7-12-13(9-23)18(25-2)20-19(27-11-28-20)17(12)22-21(24)16-10-26-14-5-3-4-6-15(14)29-16/h3-6,16H,7-11H2,1-2H3,(H,22,24)/t16-/m1/s1. The van der Waals surface area contributed by atoms with Crippen molar-refractivity contribution in [2.75, 3.05) is 39.4 Å². The summed E-state index contributed by atoms with van der Waals surface area (Å²) in [5.74, 6) is 2.62. The summed E-state index contributed by atoms with van der Waals surface area (Å²) in [6.07, 6.45) is 0.00569. The predicted molar refractivity (Wildman–Crippen MR) is 104 cm³/mol. The number of amides is 1. The number of ether oxygens (including phenoxy) is 5. The Bertz CT molecular complexity index is 976. The summed E-state index contributed by atoms with van der Waals surface area (Å²) in [4.78, 5) is 15.2. The number of methoxy groups -OCH3 is 1. The summed E-state index contributed by atoms with van der Waals surface area (Å²) in [6.45, 7) is 1.80. The maximum absolute atomic E-state index is 13.0. The van der Waals surface area contributed by atoms with Gasteiger partial charge in [-0.05, 0) is 31.2 Å². The van der Waals surface area contributed by atoms with Crippen molar-refractivity contribution in [3.63, 3.8) is 0 Å². The molecule has 0 aromatic heterocycles. The van der Waals surface area contributed by atoms with Gasteiger partial charge in [0.15, 0.2) is 23.0 Å². The van der Waals surface area contributed by atoms with E-state index < -0.39 is 6.10 Å². The molecular formula is C21H22N2O6. The minimum absolute atomic E-state index is 0.0870. The van der Waals surface area contributed by atoms with Crippen LogP contribution >= 0.6 is 0 Å². The molecule has 0 spiro atoms. The van der Waals surface area contributed by atoms with Crippen LogP contribution in [0.2, 0.25) is 0 Å². The highest BCUT2D eigenvalue weighted by Gasteiger charge is 2.35. The third-order valence-corrected chi connectivity index (χ3v) is 5.41. The molecule has 1 N–H and O–H groups in total. The van der Waals surface area contributed by atoms with Gasteiger partial charge in [-0.25, -0.2) is 0 Å². The van der Waals surface area contributed by atoms with Crippen LogP contribution in [0.4, 0.5) is 5.69 Å². The van der Waals surface area contributed by atoms with E-state index in [1.54, 1.807) is 13.2 Å². The molecule has 3 heterocycles. The molecule has 8 nitrogen and oxygen atoms in total. The van der Waals surface area contributed by atoms with E-state index in [9.17, 15) is 4.79 Å². The van der Waals surface area contributed by atoms with E-state index in [1.165, 1.54) is 0 Å². The fourth-order valence-electron chi connectivity index (χ4n) is 3.99. The first-order valence-corrected chi connectivity index (χ1v) is 9.55. The van der Waals surface area contributed by atoms with Crippen LogP contribution in [-0.4, -0.2) is 51.0 Å². The van der Waals surface area contributed by atoms with Gasteiger partial charge in [0.1, 0.15) is 6.61 Å². The van der Waals surface area contributed by atoms with Crippen molar-refractivity contribution in [2.24, 2.45) is 0 Å². The van der Waals surface area contributed by atoms with E-state index in [2.05, 4.69) is 17.3 Å². The lowest BCUT2D eigenvalue weighted by Crippen LogP contribution is -2.40. The van der Waals surface area contributed by atoms with Gasteiger partial charge < -0.3 is 33.9 Å². The molecule has 152 valence electrons. The third-order valence-electron chi connectivity index (χ3n) is 5.41. The summed E-state index contributed by atoms with van der Waals surface area (Å²) in [5, 5.41) is 3.01. The van der Waals surface area contributed by atoms with Crippen LogP contribution in [-0.2, 0) is 17.8 Å². The van der Waals surface area contributed by atoms with Crippen LogP contribution in [0.3, 0.4) is 0 Å². The summed E-state index contributed by atoms with van der Waals surface area (Å²) in [5.41, 5.74) is 2.65. The zero-order valence-corrected chi connectivity index (χ0v) is 16.3. The molecule has 0 bridgehead atoms. The Balaban J connectivity index is 1.48.